The van der Waals surface area contributed by atoms with Gasteiger partial charge in [0.05, 0.1) is 11.4 Å². The van der Waals surface area contributed by atoms with E-state index in [4.69, 9.17) is 11.6 Å². The van der Waals surface area contributed by atoms with E-state index in [0.717, 1.165) is 32.7 Å². The number of halogens is 2. The van der Waals surface area contributed by atoms with Crippen LogP contribution in [0.2, 0.25) is 5.02 Å². The number of rotatable bonds is 13. The first-order chi connectivity index (χ1) is 18.6. The van der Waals surface area contributed by atoms with E-state index in [2.05, 4.69) is 21.2 Å². The van der Waals surface area contributed by atoms with Crippen molar-refractivity contribution in [2.75, 3.05) is 20.1 Å². The summed E-state index contributed by atoms with van der Waals surface area (Å²) in [6, 6.07) is 21.9. The minimum atomic E-state index is -3.97. The first-order valence-corrected chi connectivity index (χ1v) is 15.3. The molecule has 3 aromatic rings. The van der Waals surface area contributed by atoms with Crippen LogP contribution in [0.5, 0.6) is 0 Å². The Balaban J connectivity index is 1.95. The summed E-state index contributed by atoms with van der Waals surface area (Å²) in [5.41, 5.74) is 1.70. The minimum absolute atomic E-state index is 0.0267. The van der Waals surface area contributed by atoms with Crippen LogP contribution in [0, 0.1) is 0 Å². The molecule has 0 heterocycles. The molecule has 0 aromatic heterocycles. The van der Waals surface area contributed by atoms with Gasteiger partial charge in [-0.3, -0.25) is 9.59 Å². The molecule has 1 atom stereocenters. The zero-order chi connectivity index (χ0) is 28.4. The lowest BCUT2D eigenvalue weighted by Gasteiger charge is -2.32. The molecule has 1 unspecified atom stereocenters. The Hall–Kier alpha value is -2.72. The first kappa shape index (κ1) is 30.8. The first-order valence-electron chi connectivity index (χ1n) is 12.7. The molecule has 7 nitrogen and oxygen atoms in total. The maximum atomic E-state index is 13.8. The molecule has 208 valence electrons. The van der Waals surface area contributed by atoms with Gasteiger partial charge in [-0.15, -0.1) is 0 Å². The monoisotopic (exact) mass is 633 g/mol. The number of likely N-dealkylation sites (N-methyl/N-ethyl adjacent to an activating group) is 1. The van der Waals surface area contributed by atoms with Crippen LogP contribution in [0.15, 0.2) is 88.2 Å². The molecule has 2 amide bonds. The molecule has 10 heteroatoms. The van der Waals surface area contributed by atoms with E-state index in [1.54, 1.807) is 0 Å². The van der Waals surface area contributed by atoms with Crippen molar-refractivity contribution < 1.29 is 18.0 Å². The van der Waals surface area contributed by atoms with E-state index in [9.17, 15) is 18.0 Å². The Kier molecular flexibility index (Phi) is 11.5. The second-order valence-electron chi connectivity index (χ2n) is 9.22. The number of carbonyl (C=O) groups excluding carboxylic acids is 2. The Morgan fingerprint density at radius 3 is 2.28 bits per heavy atom. The number of nitrogens with zero attached hydrogens (tertiary/aromatic N) is 2. The van der Waals surface area contributed by atoms with Crippen LogP contribution in [-0.4, -0.2) is 55.6 Å². The van der Waals surface area contributed by atoms with Crippen molar-refractivity contribution in [2.24, 2.45) is 0 Å². The quantitative estimate of drug-likeness (QED) is 0.259. The number of hydrogen-bond donors (Lipinski definition) is 1. The Bertz CT molecular complexity index is 1350. The van der Waals surface area contributed by atoms with Gasteiger partial charge in [-0.1, -0.05) is 83.3 Å². The molecule has 0 aliphatic heterocycles. The van der Waals surface area contributed by atoms with E-state index >= 15 is 0 Å². The van der Waals surface area contributed by atoms with Crippen molar-refractivity contribution in [2.45, 2.75) is 43.7 Å². The van der Waals surface area contributed by atoms with Gasteiger partial charge in [0.2, 0.25) is 21.8 Å². The van der Waals surface area contributed by atoms with Crippen LogP contribution in [0.4, 0.5) is 0 Å². The van der Waals surface area contributed by atoms with E-state index in [-0.39, 0.29) is 23.8 Å². The fraction of sp³-hybridized carbons (Fsp3) is 0.310. The standard InChI is InChI=1S/C29H33BrClN3O4S/c1-3-4-17-32-29(36)27(19-22-9-6-5-7-10-22)34(20-23-11-8-12-24(30)18-23)28(35)21-33(2)39(37,38)26-15-13-25(31)14-16-26/h5-16,18,27H,3-4,17,19-21H2,1-2H3,(H,32,36). The molecular weight excluding hydrogens is 602 g/mol. The molecule has 0 spiro atoms. The van der Waals surface area contributed by atoms with Gasteiger partial charge < -0.3 is 10.2 Å². The molecule has 39 heavy (non-hydrogen) atoms. The highest BCUT2D eigenvalue weighted by Gasteiger charge is 2.33. The van der Waals surface area contributed by atoms with Crippen LogP contribution >= 0.6 is 27.5 Å². The van der Waals surface area contributed by atoms with E-state index < -0.39 is 28.5 Å². The maximum Gasteiger partial charge on any atom is 0.243 e. The minimum Gasteiger partial charge on any atom is -0.354 e. The van der Waals surface area contributed by atoms with Gasteiger partial charge in [0.25, 0.3) is 0 Å². The van der Waals surface area contributed by atoms with Crippen molar-refractivity contribution in [1.29, 1.82) is 0 Å². The summed E-state index contributed by atoms with van der Waals surface area (Å²) >= 11 is 9.39. The summed E-state index contributed by atoms with van der Waals surface area (Å²) in [7, 11) is -2.61. The maximum absolute atomic E-state index is 13.8. The van der Waals surface area contributed by atoms with Crippen LogP contribution < -0.4 is 5.32 Å². The lowest BCUT2D eigenvalue weighted by Crippen LogP contribution is -2.53. The Morgan fingerprint density at radius 1 is 0.974 bits per heavy atom. The Morgan fingerprint density at radius 2 is 1.64 bits per heavy atom. The number of amides is 2. The van der Waals surface area contributed by atoms with Crippen molar-refractivity contribution in [3.63, 3.8) is 0 Å². The van der Waals surface area contributed by atoms with Gasteiger partial charge in [0.1, 0.15) is 6.04 Å². The van der Waals surface area contributed by atoms with Gasteiger partial charge in [0.15, 0.2) is 0 Å². The third-order valence-electron chi connectivity index (χ3n) is 6.22. The molecule has 0 radical (unpaired) electrons. The normalized spacial score (nSPS) is 12.2. The molecule has 0 aliphatic rings. The van der Waals surface area contributed by atoms with Crippen molar-refractivity contribution in [3.05, 3.63) is 99.5 Å². The topological polar surface area (TPSA) is 86.8 Å². The number of benzene rings is 3. The average molecular weight is 635 g/mol. The van der Waals surface area contributed by atoms with Crippen LogP contribution in [0.3, 0.4) is 0 Å². The van der Waals surface area contributed by atoms with E-state index in [1.165, 1.54) is 36.2 Å². The largest absolute Gasteiger partial charge is 0.354 e. The van der Waals surface area contributed by atoms with Crippen molar-refractivity contribution >= 4 is 49.4 Å². The zero-order valence-corrected chi connectivity index (χ0v) is 25.2. The predicted octanol–water partition coefficient (Wildman–Crippen LogP) is 5.28. The van der Waals surface area contributed by atoms with Gasteiger partial charge in [-0.05, 0) is 53.9 Å². The Labute approximate surface area is 244 Å². The molecule has 0 saturated heterocycles. The lowest BCUT2D eigenvalue weighted by molar-refractivity contribution is -0.141. The molecule has 3 rings (SSSR count). The van der Waals surface area contributed by atoms with Gasteiger partial charge in [0, 0.05) is 36.1 Å². The molecule has 0 aliphatic carbocycles. The summed E-state index contributed by atoms with van der Waals surface area (Å²) in [6.45, 7) is 2.22. The third-order valence-corrected chi connectivity index (χ3v) is 8.79. The summed E-state index contributed by atoms with van der Waals surface area (Å²) in [6.07, 6.45) is 2.01. The SMILES string of the molecule is CCCCNC(=O)C(Cc1ccccc1)N(Cc1cccc(Br)c1)C(=O)CN(C)S(=O)(=O)c1ccc(Cl)cc1. The van der Waals surface area contributed by atoms with E-state index in [1.807, 2.05) is 61.5 Å². The number of carbonyl (C=O) groups is 2. The lowest BCUT2D eigenvalue weighted by atomic mass is 10.0. The molecular formula is C29H33BrClN3O4S. The van der Waals surface area contributed by atoms with Crippen LogP contribution in [0.25, 0.3) is 0 Å². The van der Waals surface area contributed by atoms with Crippen LogP contribution in [0.1, 0.15) is 30.9 Å². The number of hydrogen-bond acceptors (Lipinski definition) is 4. The zero-order valence-electron chi connectivity index (χ0n) is 22.0. The molecule has 0 saturated carbocycles. The fourth-order valence-corrected chi connectivity index (χ4v) is 5.74. The molecule has 3 aromatic carbocycles. The molecule has 1 N–H and O–H groups in total. The second kappa shape index (κ2) is 14.6. The summed E-state index contributed by atoms with van der Waals surface area (Å²) in [5, 5.41) is 3.37. The average Bonchev–Trinajstić information content (AvgIpc) is 2.91. The second-order valence-corrected chi connectivity index (χ2v) is 12.6. The van der Waals surface area contributed by atoms with Crippen LogP contribution in [-0.2, 0) is 32.6 Å². The van der Waals surface area contributed by atoms with Gasteiger partial charge in [-0.25, -0.2) is 8.42 Å². The highest BCUT2D eigenvalue weighted by atomic mass is 79.9. The van der Waals surface area contributed by atoms with Gasteiger partial charge in [-0.2, -0.15) is 4.31 Å². The number of sulfonamides is 1. The highest BCUT2D eigenvalue weighted by Crippen LogP contribution is 2.21. The van der Waals surface area contributed by atoms with Crippen molar-refractivity contribution in [3.8, 4) is 0 Å². The van der Waals surface area contributed by atoms with E-state index in [0.29, 0.717) is 11.6 Å². The smallest absolute Gasteiger partial charge is 0.243 e. The summed E-state index contributed by atoms with van der Waals surface area (Å²) in [4.78, 5) is 28.9. The number of unbranched alkanes of at least 4 members (excludes halogenated alkanes) is 1. The van der Waals surface area contributed by atoms with Crippen molar-refractivity contribution in [1.82, 2.24) is 14.5 Å². The summed E-state index contributed by atoms with van der Waals surface area (Å²) < 4.78 is 28.2. The fourth-order valence-electron chi connectivity index (χ4n) is 4.04. The predicted molar refractivity (Wildman–Crippen MR) is 158 cm³/mol. The number of nitrogens with one attached hydrogen (secondary N) is 1. The molecule has 0 fully saturated rings. The van der Waals surface area contributed by atoms with Gasteiger partial charge >= 0.3 is 0 Å². The molecule has 0 bridgehead atoms. The highest BCUT2D eigenvalue weighted by molar-refractivity contribution is 9.10. The summed E-state index contributed by atoms with van der Waals surface area (Å²) in [5.74, 6) is -0.763. The third kappa shape index (κ3) is 8.89.